The first-order valence-electron chi connectivity index (χ1n) is 37.6. The SMILES string of the molecule is C#CC[C@H]1C(=O)N[C@@H]([C@@H](C)CC)C(=O)N(C)CC(=O)N(C)[C@H]2C/C=C\CCN(C2=O)[C@@H](CC2CCC(C(F)(F)F)CC2)C(=O)N(C)CC(=O)N[C@@H](CCC2CC(F)C(C(F)(F)F)C(F)C2)C(=O)N2C[C@H](OCC)C[C@H]2C(=O)NC2(CCC2)C(=O)N(C)[C@@H](C2CCCC2)C(=O)N(C)[C@H](C(=O)N(C)C)CC(=O)N1C. The summed E-state index contributed by atoms with van der Waals surface area (Å²) < 4.78 is 121. The highest BCUT2D eigenvalue weighted by molar-refractivity contribution is 6.01. The maximum atomic E-state index is 15.5. The zero-order chi connectivity index (χ0) is 79.5. The van der Waals surface area contributed by atoms with Crippen molar-refractivity contribution in [2.45, 2.75) is 247 Å². The quantitative estimate of drug-likeness (QED) is 0.127. The van der Waals surface area contributed by atoms with Crippen molar-refractivity contribution < 1.29 is 97.4 Å². The summed E-state index contributed by atoms with van der Waals surface area (Å²) in [4.78, 5) is 190. The van der Waals surface area contributed by atoms with Gasteiger partial charge in [-0.1, -0.05) is 45.3 Å². The summed E-state index contributed by atoms with van der Waals surface area (Å²) in [7, 11) is 10.6. The first-order valence-corrected chi connectivity index (χ1v) is 37.6. The third kappa shape index (κ3) is 20.8. The number of fused-ring (bicyclic) bond motifs is 3. The molecule has 600 valence electrons. The average Bonchev–Trinajstić information content (AvgIpc) is 1.66. The Morgan fingerprint density at radius 2 is 1.30 bits per heavy atom. The van der Waals surface area contributed by atoms with Crippen LogP contribution in [0.3, 0.4) is 0 Å². The number of terminal acetylenes is 1. The van der Waals surface area contributed by atoms with Crippen LogP contribution in [0, 0.1) is 47.9 Å². The second kappa shape index (κ2) is 37.2. The van der Waals surface area contributed by atoms with Crippen molar-refractivity contribution in [3.8, 4) is 12.3 Å². The summed E-state index contributed by atoms with van der Waals surface area (Å²) in [5.41, 5.74) is -1.71. The van der Waals surface area contributed by atoms with E-state index in [0.717, 1.165) is 29.4 Å². The molecule has 6 fully saturated rings. The van der Waals surface area contributed by atoms with Crippen molar-refractivity contribution in [2.75, 3.05) is 89.2 Å². The van der Waals surface area contributed by atoms with Crippen LogP contribution in [-0.2, 0) is 62.3 Å². The number of rotatable bonds is 12. The molecule has 0 aromatic carbocycles. The Morgan fingerprint density at radius 3 is 1.86 bits per heavy atom. The van der Waals surface area contributed by atoms with Gasteiger partial charge in [-0.2, -0.15) is 26.3 Å². The van der Waals surface area contributed by atoms with Crippen LogP contribution in [-0.4, -0.2) is 289 Å². The van der Waals surface area contributed by atoms with Gasteiger partial charge in [-0.05, 0) is 133 Å². The Balaban J connectivity index is 1.32. The molecule has 4 aliphatic carbocycles. The molecule has 0 aromatic heterocycles. The molecule has 7 aliphatic rings. The largest absolute Gasteiger partial charge is 0.397 e. The Kier molecular flexibility index (Phi) is 30.1. The van der Waals surface area contributed by atoms with E-state index in [9.17, 15) is 55.1 Å². The van der Waals surface area contributed by atoms with E-state index in [4.69, 9.17) is 11.2 Å². The van der Waals surface area contributed by atoms with E-state index in [0.29, 0.717) is 38.5 Å². The summed E-state index contributed by atoms with van der Waals surface area (Å²) in [5, 5.41) is 8.26. The second-order valence-electron chi connectivity index (χ2n) is 30.9. The molecule has 7 rings (SSSR count). The van der Waals surface area contributed by atoms with Gasteiger partial charge in [-0.25, -0.2) is 8.78 Å². The highest BCUT2D eigenvalue weighted by Gasteiger charge is 2.56. The lowest BCUT2D eigenvalue weighted by Crippen LogP contribution is -2.68. The normalized spacial score (nSPS) is 32.0. The van der Waals surface area contributed by atoms with E-state index in [2.05, 4.69) is 21.9 Å². The number of nitrogens with zero attached hydrogens (tertiary/aromatic N) is 9. The molecule has 33 heteroatoms. The monoisotopic (exact) mass is 1530 g/mol. The van der Waals surface area contributed by atoms with Crippen LogP contribution >= 0.6 is 0 Å². The highest BCUT2D eigenvalue weighted by atomic mass is 19.4. The predicted molar refractivity (Wildman–Crippen MR) is 375 cm³/mol. The van der Waals surface area contributed by atoms with Crippen molar-refractivity contribution in [1.29, 1.82) is 0 Å². The minimum atomic E-state index is -5.22. The van der Waals surface area contributed by atoms with Gasteiger partial charge in [-0.3, -0.25) is 57.5 Å². The summed E-state index contributed by atoms with van der Waals surface area (Å²) in [6.45, 7) is 3.09. The number of halogens is 8. The van der Waals surface area contributed by atoms with E-state index in [1.165, 1.54) is 71.1 Å². The maximum absolute atomic E-state index is 15.5. The number of nitrogens with one attached hydrogen (secondary N) is 3. The number of alkyl halides is 8. The number of likely N-dealkylation sites (N-methyl/N-ethyl adjacent to an activating group) is 7. The van der Waals surface area contributed by atoms with Gasteiger partial charge in [0.15, 0.2) is 0 Å². The molecule has 3 heterocycles. The number of ether oxygens (including phenoxy) is 1. The van der Waals surface area contributed by atoms with Crippen LogP contribution in [0.4, 0.5) is 35.1 Å². The molecule has 25 nitrogen and oxygen atoms in total. The number of amides is 12. The Bertz CT molecular complexity index is 3270. The zero-order valence-electron chi connectivity index (χ0n) is 63.5. The van der Waals surface area contributed by atoms with Crippen LogP contribution in [0.2, 0.25) is 0 Å². The molecule has 2 bridgehead atoms. The minimum Gasteiger partial charge on any atom is -0.377 e. The molecule has 3 N–H and O–H groups in total. The van der Waals surface area contributed by atoms with Crippen molar-refractivity contribution in [3.05, 3.63) is 12.2 Å². The lowest BCUT2D eigenvalue weighted by atomic mass is 9.74. The minimum absolute atomic E-state index is 0.0128. The summed E-state index contributed by atoms with van der Waals surface area (Å²) in [6, 6.07) is -11.8. The van der Waals surface area contributed by atoms with Gasteiger partial charge in [-0.15, -0.1) is 12.3 Å². The number of hydrogen-bond acceptors (Lipinski definition) is 13. The lowest BCUT2D eigenvalue weighted by Gasteiger charge is -2.46. The Hall–Kier alpha value is -7.66. The van der Waals surface area contributed by atoms with E-state index in [1.54, 1.807) is 32.9 Å². The molecule has 3 aliphatic heterocycles. The molecule has 12 amide bonds. The fourth-order valence-corrected chi connectivity index (χ4v) is 16.6. The average molecular weight is 1530 g/mol. The second-order valence-corrected chi connectivity index (χ2v) is 30.9. The van der Waals surface area contributed by atoms with Gasteiger partial charge in [0.05, 0.1) is 31.5 Å². The van der Waals surface area contributed by atoms with E-state index >= 15 is 37.5 Å². The molecule has 12 atom stereocenters. The maximum Gasteiger partial charge on any atom is 0.397 e. The molecule has 0 radical (unpaired) electrons. The van der Waals surface area contributed by atoms with Crippen LogP contribution in [0.15, 0.2) is 12.2 Å². The van der Waals surface area contributed by atoms with Crippen LogP contribution in [0.5, 0.6) is 0 Å². The fourth-order valence-electron chi connectivity index (χ4n) is 16.6. The number of carbonyl (C=O) groups is 12. The molecule has 107 heavy (non-hydrogen) atoms. The van der Waals surface area contributed by atoms with Crippen molar-refractivity contribution in [2.24, 2.45) is 35.5 Å². The molecule has 1 spiro atoms. The van der Waals surface area contributed by atoms with E-state index in [1.807, 2.05) is 0 Å². The number of hydrogen-bond donors (Lipinski definition) is 3. The first-order chi connectivity index (χ1) is 50.2. The van der Waals surface area contributed by atoms with Gasteiger partial charge in [0.25, 0.3) is 0 Å². The van der Waals surface area contributed by atoms with Gasteiger partial charge in [0.1, 0.15) is 72.1 Å². The van der Waals surface area contributed by atoms with Gasteiger partial charge in [0, 0.05) is 88.9 Å². The standard InChI is InChI=1S/C74H110F8N12O13/c1-13-22-52-63(98)84-61(43(4)14-2)69(104)88(8)42-59(97)90(10)53-25-17-16-20-34-93(68(53)103)56(37-44-26-29-47(30-27-44)73(77,78)79)67(102)87(7)41-57(95)83-51(31-28-45-35-49(75)60(50(76)36-45)74(80,81)82)65(100)94-40-48(107-15-3)38-54(94)64(99)85-72(32-21-33-72)71(106)92(12)62(46-23-18-19-24-46)70(105)91(11)55(66(101)86(5)6)39-58(96)89(52)9/h1,16-17,43-56,60-62H,14-15,18-42H2,2-12H3,(H,83,95)(H,84,98)(H,85,99)/b17-16-/t43-,44?,45?,47?,48+,49?,50?,51-,52-,53-,54-,55-,56-,60?,61-,62-/m0/s1. The number of carbonyl (C=O) groups excluding carboxylic acids is 12. The molecule has 2 saturated heterocycles. The zero-order valence-corrected chi connectivity index (χ0v) is 63.5. The molecular formula is C74H110F8N12O13. The van der Waals surface area contributed by atoms with Crippen LogP contribution in [0.1, 0.15) is 162 Å². The molecule has 0 aromatic rings. The van der Waals surface area contributed by atoms with Crippen LogP contribution < -0.4 is 16.0 Å². The first kappa shape index (κ1) is 86.6. The van der Waals surface area contributed by atoms with Crippen molar-refractivity contribution in [3.63, 3.8) is 0 Å². The van der Waals surface area contributed by atoms with Gasteiger partial charge >= 0.3 is 12.4 Å². The van der Waals surface area contributed by atoms with Crippen LogP contribution in [0.25, 0.3) is 0 Å². The van der Waals surface area contributed by atoms with Crippen molar-refractivity contribution >= 4 is 70.9 Å². The summed E-state index contributed by atoms with van der Waals surface area (Å²) in [5.74, 6) is -14.9. The topological polar surface area (TPSA) is 279 Å². The molecule has 2 unspecified atom stereocenters. The van der Waals surface area contributed by atoms with Crippen molar-refractivity contribution in [1.82, 2.24) is 60.0 Å². The fraction of sp³-hybridized carbons (Fsp3) is 0.784. The van der Waals surface area contributed by atoms with Gasteiger partial charge < -0.3 is 64.8 Å². The predicted octanol–water partition coefficient (Wildman–Crippen LogP) is 5.33. The van der Waals surface area contributed by atoms with E-state index < -0.39 is 236 Å². The third-order valence-corrected chi connectivity index (χ3v) is 23.5. The van der Waals surface area contributed by atoms with Gasteiger partial charge in [0.2, 0.25) is 70.9 Å². The smallest absolute Gasteiger partial charge is 0.377 e. The third-order valence-electron chi connectivity index (χ3n) is 23.5. The Labute approximate surface area is 622 Å². The Morgan fingerprint density at radius 1 is 0.673 bits per heavy atom. The summed E-state index contributed by atoms with van der Waals surface area (Å²) in [6.07, 6.45) is -8.19. The molecule has 4 saturated carbocycles. The van der Waals surface area contributed by atoms with E-state index in [-0.39, 0.29) is 90.3 Å². The lowest BCUT2D eigenvalue weighted by molar-refractivity contribution is -0.219. The summed E-state index contributed by atoms with van der Waals surface area (Å²) >= 11 is 0. The highest BCUT2D eigenvalue weighted by Crippen LogP contribution is 2.46. The molecular weight excluding hydrogens is 1420 g/mol.